The predicted molar refractivity (Wildman–Crippen MR) is 85.4 cm³/mol. The van der Waals surface area contributed by atoms with E-state index in [0.717, 1.165) is 23.4 Å². The van der Waals surface area contributed by atoms with Gasteiger partial charge in [0.15, 0.2) is 6.23 Å². The zero-order chi connectivity index (χ0) is 15.4. The molecule has 0 aromatic heterocycles. The third kappa shape index (κ3) is 5.77. The molecule has 0 aliphatic carbocycles. The second-order valence-corrected chi connectivity index (χ2v) is 5.58. The molecule has 7 heteroatoms. The van der Waals surface area contributed by atoms with Gasteiger partial charge in [-0.25, -0.2) is 0 Å². The molecule has 1 unspecified atom stereocenters. The summed E-state index contributed by atoms with van der Waals surface area (Å²) < 4.78 is 20.1. The Morgan fingerprint density at radius 1 is 1.15 bits per heavy atom. The molecule has 3 N–H and O–H groups in total. The van der Waals surface area contributed by atoms with Crippen LogP contribution < -0.4 is 11.1 Å². The van der Waals surface area contributed by atoms with E-state index < -0.39 is 5.91 Å². The van der Waals surface area contributed by atoms with E-state index in [1.54, 1.807) is 0 Å². The first kappa shape index (κ1) is 20.0. The van der Waals surface area contributed by atoms with Crippen molar-refractivity contribution >= 4 is 10.4 Å². The Kier molecular flexibility index (Phi) is 11.6. The molecule has 0 spiro atoms. The van der Waals surface area contributed by atoms with Gasteiger partial charge in [0.2, 0.25) is 0 Å². The normalized spacial score (nSPS) is 14.1. The molecule has 0 radical (unpaired) electrons. The average molecular weight is 308 g/mol. The van der Waals surface area contributed by atoms with Crippen molar-refractivity contribution in [1.29, 1.82) is 0 Å². The molecule has 0 heterocycles. The standard InChI is InChI=1S/C13H33N3O3Si/c1-5-11-16(20)13(18-7-3,19-8-4)12(17-6-2)15-10-9-14/h12,15H,5-11,14H2,1-4,20H3. The maximum Gasteiger partial charge on any atom is 0.265 e. The summed E-state index contributed by atoms with van der Waals surface area (Å²) in [5, 5.41) is 3.30. The summed E-state index contributed by atoms with van der Waals surface area (Å²) in [5.41, 5.74) is 5.59. The quantitative estimate of drug-likeness (QED) is 0.357. The summed E-state index contributed by atoms with van der Waals surface area (Å²) >= 11 is 0. The number of hydrogen-bond donors (Lipinski definition) is 2. The Bertz CT molecular complexity index is 229. The van der Waals surface area contributed by atoms with Gasteiger partial charge >= 0.3 is 0 Å². The summed E-state index contributed by atoms with van der Waals surface area (Å²) in [4.78, 5) is 0. The maximum absolute atomic E-state index is 6.01. The molecule has 0 aliphatic rings. The van der Waals surface area contributed by atoms with E-state index in [0.29, 0.717) is 32.9 Å². The van der Waals surface area contributed by atoms with E-state index in [1.807, 2.05) is 20.8 Å². The number of ether oxygens (including phenoxy) is 3. The van der Waals surface area contributed by atoms with Crippen molar-refractivity contribution in [2.24, 2.45) is 5.73 Å². The van der Waals surface area contributed by atoms with Crippen LogP contribution >= 0.6 is 0 Å². The van der Waals surface area contributed by atoms with Gasteiger partial charge in [0, 0.05) is 32.9 Å². The van der Waals surface area contributed by atoms with Crippen molar-refractivity contribution in [2.75, 3.05) is 39.5 Å². The molecule has 0 saturated heterocycles. The van der Waals surface area contributed by atoms with Crippen LogP contribution in [0.4, 0.5) is 0 Å². The minimum atomic E-state index is -0.864. The second-order valence-electron chi connectivity index (χ2n) is 4.50. The average Bonchev–Trinajstić information content (AvgIpc) is 2.43. The zero-order valence-electron chi connectivity index (χ0n) is 13.8. The molecule has 6 nitrogen and oxygen atoms in total. The fourth-order valence-corrected chi connectivity index (χ4v) is 3.13. The molecule has 1 atom stereocenters. The summed E-state index contributed by atoms with van der Waals surface area (Å²) in [7, 11) is 0.830. The van der Waals surface area contributed by atoms with Crippen LogP contribution in [0.3, 0.4) is 0 Å². The fraction of sp³-hybridized carbons (Fsp3) is 1.00. The SMILES string of the molecule is CCCN([SiH3])C(OCC)(OCC)C(NCCN)OCC. The largest absolute Gasteiger partial charge is 0.356 e. The van der Waals surface area contributed by atoms with Crippen molar-refractivity contribution in [1.82, 2.24) is 9.88 Å². The highest BCUT2D eigenvalue weighted by atomic mass is 28.2. The van der Waals surface area contributed by atoms with E-state index in [-0.39, 0.29) is 6.23 Å². The number of rotatable bonds is 13. The number of hydrogen-bond acceptors (Lipinski definition) is 6. The van der Waals surface area contributed by atoms with Crippen LogP contribution in [-0.4, -0.2) is 66.6 Å². The van der Waals surface area contributed by atoms with Gasteiger partial charge in [0.1, 0.15) is 0 Å². The maximum atomic E-state index is 6.01. The lowest BCUT2D eigenvalue weighted by molar-refractivity contribution is -0.345. The lowest BCUT2D eigenvalue weighted by Gasteiger charge is -2.45. The van der Waals surface area contributed by atoms with Crippen LogP contribution in [0.1, 0.15) is 34.1 Å². The van der Waals surface area contributed by atoms with Crippen molar-refractivity contribution in [3.63, 3.8) is 0 Å². The third-order valence-corrected chi connectivity index (χ3v) is 4.00. The summed E-state index contributed by atoms with van der Waals surface area (Å²) in [6, 6.07) is 0. The van der Waals surface area contributed by atoms with Gasteiger partial charge in [0.25, 0.3) is 5.91 Å². The highest BCUT2D eigenvalue weighted by molar-refractivity contribution is 6.04. The number of nitrogens with one attached hydrogen (secondary N) is 1. The Hall–Kier alpha value is -0.0231. The molecule has 0 saturated carbocycles. The highest BCUT2D eigenvalue weighted by Gasteiger charge is 2.45. The van der Waals surface area contributed by atoms with Crippen molar-refractivity contribution in [2.45, 2.75) is 46.3 Å². The van der Waals surface area contributed by atoms with E-state index >= 15 is 0 Å². The molecular formula is C13H33N3O3Si. The highest BCUT2D eigenvalue weighted by Crippen LogP contribution is 2.24. The summed E-state index contributed by atoms with van der Waals surface area (Å²) in [6.07, 6.45) is 0.696. The Morgan fingerprint density at radius 3 is 2.15 bits per heavy atom. The van der Waals surface area contributed by atoms with Gasteiger partial charge in [-0.05, 0) is 33.7 Å². The van der Waals surface area contributed by atoms with E-state index in [4.69, 9.17) is 19.9 Å². The minimum Gasteiger partial charge on any atom is -0.356 e. The second kappa shape index (κ2) is 11.6. The van der Waals surface area contributed by atoms with E-state index in [1.165, 1.54) is 0 Å². The fourth-order valence-electron chi connectivity index (χ4n) is 2.19. The van der Waals surface area contributed by atoms with Crippen molar-refractivity contribution < 1.29 is 14.2 Å². The first-order valence-corrected chi connectivity index (χ1v) is 8.56. The topological polar surface area (TPSA) is 69.0 Å². The Balaban J connectivity index is 5.24. The molecule has 0 aliphatic heterocycles. The molecule has 0 fully saturated rings. The zero-order valence-corrected chi connectivity index (χ0v) is 15.8. The minimum absolute atomic E-state index is 0.347. The van der Waals surface area contributed by atoms with Gasteiger partial charge < -0.3 is 19.9 Å². The van der Waals surface area contributed by atoms with Crippen LogP contribution in [0.15, 0.2) is 0 Å². The molecule has 0 rings (SSSR count). The van der Waals surface area contributed by atoms with Crippen LogP contribution in [0.25, 0.3) is 0 Å². The van der Waals surface area contributed by atoms with Gasteiger partial charge in [-0.1, -0.05) is 6.92 Å². The van der Waals surface area contributed by atoms with Gasteiger partial charge in [-0.3, -0.25) is 9.88 Å². The molecule has 0 amide bonds. The van der Waals surface area contributed by atoms with Crippen molar-refractivity contribution in [3.8, 4) is 0 Å². The van der Waals surface area contributed by atoms with Crippen LogP contribution in [0, 0.1) is 0 Å². The molecular weight excluding hydrogens is 274 g/mol. The van der Waals surface area contributed by atoms with E-state index in [9.17, 15) is 0 Å². The lowest BCUT2D eigenvalue weighted by atomic mass is 10.3. The lowest BCUT2D eigenvalue weighted by Crippen LogP contribution is -2.65. The first-order chi connectivity index (χ1) is 9.62. The van der Waals surface area contributed by atoms with Gasteiger partial charge in [0.05, 0.1) is 10.4 Å². The monoisotopic (exact) mass is 307 g/mol. The number of nitrogens with zero attached hydrogens (tertiary/aromatic N) is 1. The number of nitrogens with two attached hydrogens (primary N) is 1. The van der Waals surface area contributed by atoms with Crippen LogP contribution in [-0.2, 0) is 14.2 Å². The first-order valence-electron chi connectivity index (χ1n) is 7.66. The van der Waals surface area contributed by atoms with E-state index in [2.05, 4.69) is 16.8 Å². The Labute approximate surface area is 126 Å². The van der Waals surface area contributed by atoms with Crippen LogP contribution in [0.2, 0.25) is 0 Å². The molecule has 0 aromatic rings. The van der Waals surface area contributed by atoms with Crippen molar-refractivity contribution in [3.05, 3.63) is 0 Å². The summed E-state index contributed by atoms with van der Waals surface area (Å²) in [6.45, 7) is 11.9. The summed E-state index contributed by atoms with van der Waals surface area (Å²) in [5.74, 6) is -0.864. The molecule has 20 heavy (non-hydrogen) atoms. The molecule has 122 valence electrons. The molecule has 0 aromatic carbocycles. The molecule has 0 bridgehead atoms. The predicted octanol–water partition coefficient (Wildman–Crippen LogP) is -0.383. The Morgan fingerprint density at radius 2 is 1.75 bits per heavy atom. The van der Waals surface area contributed by atoms with Crippen LogP contribution in [0.5, 0.6) is 0 Å². The third-order valence-electron chi connectivity index (χ3n) is 2.93. The smallest absolute Gasteiger partial charge is 0.265 e. The van der Waals surface area contributed by atoms with Gasteiger partial charge in [-0.15, -0.1) is 0 Å². The van der Waals surface area contributed by atoms with Gasteiger partial charge in [-0.2, -0.15) is 0 Å².